The molecule has 20 nitrogen and oxygen atoms in total. The summed E-state index contributed by atoms with van der Waals surface area (Å²) in [7, 11) is -7.24. The van der Waals surface area contributed by atoms with E-state index in [0.29, 0.717) is 22.4 Å². The lowest BCUT2D eigenvalue weighted by atomic mass is 9.97. The Balaban J connectivity index is 0.000000344. The summed E-state index contributed by atoms with van der Waals surface area (Å²) in [6.45, 7) is 10.5. The van der Waals surface area contributed by atoms with Crippen molar-refractivity contribution in [3.63, 3.8) is 0 Å². The third-order valence-electron chi connectivity index (χ3n) is 6.68. The molecule has 0 aliphatic rings. The second-order valence-corrected chi connectivity index (χ2v) is 17.5. The van der Waals surface area contributed by atoms with Crippen LogP contribution < -0.4 is 30.6 Å². The monoisotopic (exact) mass is 932 g/mol. The maximum Gasteiger partial charge on any atom is 0.442 e. The van der Waals surface area contributed by atoms with Gasteiger partial charge in [0.05, 0.1) is 46.7 Å². The number of nitrogens with zero attached hydrogens (tertiary/aromatic N) is 5. The van der Waals surface area contributed by atoms with E-state index in [4.69, 9.17) is 52.0 Å². The Morgan fingerprint density at radius 2 is 1.68 bits per heavy atom. The molecular formula is C33H42Cl2F3N8O12PS. The predicted octanol–water partition coefficient (Wildman–Crippen LogP) is 5.21. The van der Waals surface area contributed by atoms with Gasteiger partial charge in [-0.25, -0.2) is 22.7 Å². The van der Waals surface area contributed by atoms with Crippen LogP contribution in [0.1, 0.15) is 58.3 Å². The normalized spacial score (nSPS) is 11.8. The molecule has 0 spiro atoms. The number of methoxy groups -OCH3 is 1. The molecule has 332 valence electrons. The van der Waals surface area contributed by atoms with E-state index in [1.54, 1.807) is 10.8 Å². The third-order valence-corrected chi connectivity index (χ3v) is 9.34. The number of carboxylic acid groups (broad SMARTS) is 1. The van der Waals surface area contributed by atoms with Crippen LogP contribution in [0.25, 0.3) is 5.69 Å². The maximum absolute atomic E-state index is 12.5. The number of aromatic nitrogens is 5. The summed E-state index contributed by atoms with van der Waals surface area (Å²) in [6, 6.07) is 6.92. The van der Waals surface area contributed by atoms with Crippen molar-refractivity contribution in [2.24, 2.45) is 0 Å². The van der Waals surface area contributed by atoms with Crippen LogP contribution >= 0.6 is 30.8 Å². The van der Waals surface area contributed by atoms with E-state index in [-0.39, 0.29) is 39.9 Å². The van der Waals surface area contributed by atoms with Gasteiger partial charge >= 0.3 is 37.5 Å². The van der Waals surface area contributed by atoms with E-state index >= 15 is 0 Å². The minimum Gasteiger partial charge on any atom is -0.489 e. The molecule has 4 aromatic rings. The molecule has 0 bridgehead atoms. The van der Waals surface area contributed by atoms with Crippen molar-refractivity contribution in [3.8, 4) is 17.4 Å². The van der Waals surface area contributed by atoms with Gasteiger partial charge in [-0.05, 0) is 44.9 Å². The zero-order valence-corrected chi connectivity index (χ0v) is 36.1. The molecule has 2 amide bonds. The molecule has 60 heavy (non-hydrogen) atoms. The summed E-state index contributed by atoms with van der Waals surface area (Å²) >= 11 is 12.3. The van der Waals surface area contributed by atoms with E-state index in [0.717, 1.165) is 10.7 Å². The number of amides is 2. The number of hydrogen-bond donors (Lipinski definition) is 6. The van der Waals surface area contributed by atoms with Crippen LogP contribution in [0.5, 0.6) is 11.8 Å². The van der Waals surface area contributed by atoms with Crippen molar-refractivity contribution in [1.82, 2.24) is 34.8 Å². The van der Waals surface area contributed by atoms with Crippen molar-refractivity contribution in [2.75, 3.05) is 25.3 Å². The minimum atomic E-state index is -4.45. The predicted molar refractivity (Wildman–Crippen MR) is 210 cm³/mol. The Labute approximate surface area is 351 Å². The molecule has 6 N–H and O–H groups in total. The first-order chi connectivity index (χ1) is 27.5. The summed E-state index contributed by atoms with van der Waals surface area (Å²) in [5.74, 6) is -1.04. The van der Waals surface area contributed by atoms with Gasteiger partial charge in [0.2, 0.25) is 11.8 Å². The number of carboxylic acids is 1. The van der Waals surface area contributed by atoms with Gasteiger partial charge < -0.3 is 28.8 Å². The number of anilines is 1. The number of carbonyl (C=O) groups is 2. The van der Waals surface area contributed by atoms with Crippen LogP contribution in [-0.4, -0.2) is 92.3 Å². The molecule has 0 saturated heterocycles. The molecule has 2 heterocycles. The fourth-order valence-electron chi connectivity index (χ4n) is 4.22. The number of alkyl halides is 3. The molecule has 0 unspecified atom stereocenters. The van der Waals surface area contributed by atoms with Crippen molar-refractivity contribution < 1.29 is 64.5 Å². The average Bonchev–Trinajstić information content (AvgIpc) is 3.49. The Hall–Kier alpha value is -4.84. The van der Waals surface area contributed by atoms with Crippen LogP contribution in [0.2, 0.25) is 10.0 Å². The lowest BCUT2D eigenvalue weighted by molar-refractivity contribution is -0.136. The Morgan fingerprint density at radius 1 is 1.05 bits per heavy atom. The Bertz CT molecular complexity index is 2340. The lowest BCUT2D eigenvalue weighted by Gasteiger charge is -2.13. The highest BCUT2D eigenvalue weighted by Crippen LogP contribution is 2.34. The molecule has 0 radical (unpaired) electrons. The summed E-state index contributed by atoms with van der Waals surface area (Å²) in [5.41, 5.74) is -0.0932. The molecule has 0 aliphatic heterocycles. The number of carbonyl (C=O) groups excluding carboxylic acids is 1. The molecule has 0 saturated carbocycles. The zero-order chi connectivity index (χ0) is 45.8. The number of benzene rings is 2. The SMILES string of the molecule is CC(C)Oc1cc(-n2nc(C(C)(C)C)oc2=O)c(Cl)cc1Cl.COc1nc(C)nc(NC(=O)NS(=O)(=O)c2ccccc2CCC(F)(F)F)n1.O=C(O)CNCP(=O)(O)O. The lowest BCUT2D eigenvalue weighted by Crippen LogP contribution is -2.35. The second-order valence-electron chi connectivity index (χ2n) is 13.4. The number of ether oxygens (including phenoxy) is 2. The number of rotatable bonds is 13. The van der Waals surface area contributed by atoms with Gasteiger partial charge in [0.15, 0.2) is 0 Å². The van der Waals surface area contributed by atoms with Crippen LogP contribution in [-0.2, 0) is 31.2 Å². The first-order valence-corrected chi connectivity index (χ1v) is 21.0. The van der Waals surface area contributed by atoms with E-state index in [9.17, 15) is 40.5 Å². The average molecular weight is 934 g/mol. The van der Waals surface area contributed by atoms with Gasteiger partial charge in [-0.2, -0.15) is 32.8 Å². The molecule has 4 rings (SSSR count). The van der Waals surface area contributed by atoms with Gasteiger partial charge in [0.25, 0.3) is 10.0 Å². The van der Waals surface area contributed by atoms with Crippen molar-refractivity contribution in [1.29, 1.82) is 0 Å². The Morgan fingerprint density at radius 3 is 2.22 bits per heavy atom. The molecule has 27 heteroatoms. The third kappa shape index (κ3) is 17.8. The number of sulfonamides is 1. The fourth-order valence-corrected chi connectivity index (χ4v) is 6.31. The molecule has 2 aromatic carbocycles. The van der Waals surface area contributed by atoms with Crippen LogP contribution in [0.15, 0.2) is 50.5 Å². The van der Waals surface area contributed by atoms with Gasteiger partial charge in [0, 0.05) is 17.9 Å². The van der Waals surface area contributed by atoms with Crippen LogP contribution in [0, 0.1) is 6.92 Å². The van der Waals surface area contributed by atoms with Crippen molar-refractivity contribution in [3.05, 3.63) is 74.3 Å². The summed E-state index contributed by atoms with van der Waals surface area (Å²) in [6.07, 6.45) is -6.86. The highest BCUT2D eigenvalue weighted by molar-refractivity contribution is 7.90. The summed E-state index contributed by atoms with van der Waals surface area (Å²) < 4.78 is 90.8. The number of hydrogen-bond acceptors (Lipinski definition) is 14. The number of aryl methyl sites for hydroxylation is 2. The topological polar surface area (TPSA) is 287 Å². The van der Waals surface area contributed by atoms with Crippen molar-refractivity contribution in [2.45, 2.75) is 77.0 Å². The summed E-state index contributed by atoms with van der Waals surface area (Å²) in [5, 5.41) is 17.0. The maximum atomic E-state index is 12.5. The van der Waals surface area contributed by atoms with Gasteiger partial charge in [0.1, 0.15) is 11.6 Å². The molecule has 2 aromatic heterocycles. The smallest absolute Gasteiger partial charge is 0.442 e. The van der Waals surface area contributed by atoms with Crippen LogP contribution in [0.4, 0.5) is 23.9 Å². The number of nitrogens with one attached hydrogen (secondary N) is 3. The summed E-state index contributed by atoms with van der Waals surface area (Å²) in [4.78, 5) is 61.1. The number of urea groups is 1. The largest absolute Gasteiger partial charge is 0.489 e. The standard InChI is InChI=1S/C15H18Cl2N2O3.C15H16F3N5O4S.C3H8NO5P/c1-8(2)21-12-7-11(9(16)6-10(12)17)19-14(20)22-13(18-19)15(3,4)5;1-9-19-12(22-14(20-9)27-2)21-13(24)23-28(25,26)11-6-4-3-5-10(11)7-8-15(16,17)18;5-3(6)1-4-2-10(7,8)9/h6-8H,1-5H3;3-6H,7-8H2,1-2H3,(H2,19,20,21,22,23,24);4H,1-2H2,(H,5,6)(H2,7,8,9). The van der Waals surface area contributed by atoms with Gasteiger partial charge in [-0.15, -0.1) is 5.10 Å². The van der Waals surface area contributed by atoms with Crippen molar-refractivity contribution >= 4 is 58.8 Å². The number of aliphatic carboxylic acids is 1. The highest BCUT2D eigenvalue weighted by Gasteiger charge is 2.29. The zero-order valence-electron chi connectivity index (χ0n) is 32.9. The first-order valence-electron chi connectivity index (χ1n) is 17.0. The quantitative estimate of drug-likeness (QED) is 0.0939. The van der Waals surface area contributed by atoms with Crippen LogP contribution in [0.3, 0.4) is 0 Å². The van der Waals surface area contributed by atoms with E-state index < -0.39 is 72.1 Å². The van der Waals surface area contributed by atoms with Gasteiger partial charge in [-0.3, -0.25) is 20.0 Å². The number of halogens is 5. The van der Waals surface area contributed by atoms with Gasteiger partial charge in [-0.1, -0.05) is 62.2 Å². The molecule has 0 aliphatic carbocycles. The van der Waals surface area contributed by atoms with E-state index in [1.807, 2.05) is 34.6 Å². The van der Waals surface area contributed by atoms with E-state index in [1.165, 1.54) is 38.3 Å². The molecule has 0 fully saturated rings. The highest BCUT2D eigenvalue weighted by atomic mass is 35.5. The Kier molecular flexibility index (Phi) is 18.5. The first kappa shape index (κ1) is 51.3. The molecular weight excluding hydrogens is 891 g/mol. The van der Waals surface area contributed by atoms with E-state index in [2.05, 4.69) is 30.7 Å². The minimum absolute atomic E-state index is 0.0642. The molecule has 0 atom stereocenters. The second kappa shape index (κ2) is 21.6. The fraction of sp³-hybridized carbons (Fsp3) is 0.424.